The average Bonchev–Trinajstić information content (AvgIpc) is 4.09. The molecule has 0 atom stereocenters. The maximum Gasteiger partial charge on any atom is 0.230 e. The van der Waals surface area contributed by atoms with Crippen LogP contribution in [0.3, 0.4) is 0 Å². The van der Waals surface area contributed by atoms with Gasteiger partial charge in [-0.15, -0.1) is 0 Å². The number of hydrogen-bond acceptors (Lipinski definition) is 10. The van der Waals surface area contributed by atoms with Gasteiger partial charge in [0.15, 0.2) is 16.7 Å². The molecule has 0 spiro atoms. The Balaban J connectivity index is 1.27. The van der Waals surface area contributed by atoms with Crippen LogP contribution in [-0.4, -0.2) is 29.0 Å². The van der Waals surface area contributed by atoms with Gasteiger partial charge in [-0.2, -0.15) is 0 Å². The highest BCUT2D eigenvalue weighted by atomic mass is 16.4. The van der Waals surface area contributed by atoms with E-state index < -0.39 is 0 Å². The van der Waals surface area contributed by atoms with Crippen LogP contribution in [-0.2, 0) is 0 Å². The van der Waals surface area contributed by atoms with E-state index in [1.54, 1.807) is 0 Å². The van der Waals surface area contributed by atoms with Gasteiger partial charge >= 0.3 is 0 Å². The van der Waals surface area contributed by atoms with Crippen molar-refractivity contribution < 1.29 is 13.3 Å². The predicted molar refractivity (Wildman–Crippen MR) is 251 cm³/mol. The number of benzene rings is 8. The highest BCUT2D eigenvalue weighted by molar-refractivity contribution is 6.11. The zero-order valence-electron chi connectivity index (χ0n) is 34.1. The van der Waals surface area contributed by atoms with Crippen LogP contribution in [0.4, 0.5) is 56.9 Å². The van der Waals surface area contributed by atoms with E-state index >= 15 is 0 Å². The van der Waals surface area contributed by atoms with Crippen LogP contribution in [0.15, 0.2) is 189 Å². The van der Waals surface area contributed by atoms with E-state index in [1.807, 2.05) is 72.8 Å². The number of anilines is 10. The molecular formula is C53H35N7O3. The minimum Gasteiger partial charge on any atom is -0.436 e. The second-order valence-electron chi connectivity index (χ2n) is 15.7. The Labute approximate surface area is 361 Å². The summed E-state index contributed by atoms with van der Waals surface area (Å²) in [6.07, 6.45) is 0. The van der Waals surface area contributed by atoms with Crippen LogP contribution >= 0.6 is 0 Å². The Morgan fingerprint density at radius 1 is 0.302 bits per heavy atom. The molecule has 13 rings (SSSR count). The quantitative estimate of drug-likeness (QED) is 0.167. The van der Waals surface area contributed by atoms with Crippen LogP contribution in [0.2, 0.25) is 0 Å². The summed E-state index contributed by atoms with van der Waals surface area (Å²) >= 11 is 0. The summed E-state index contributed by atoms with van der Waals surface area (Å²) in [4.78, 5) is 24.9. The fourth-order valence-electron chi connectivity index (χ4n) is 9.38. The van der Waals surface area contributed by atoms with Gasteiger partial charge in [-0.3, -0.25) is 0 Å². The van der Waals surface area contributed by atoms with Crippen LogP contribution in [0, 0.1) is 0 Å². The Morgan fingerprint density at radius 2 is 0.571 bits per heavy atom. The summed E-state index contributed by atoms with van der Waals surface area (Å²) in [5.74, 6) is 1.14. The van der Waals surface area contributed by atoms with Crippen molar-refractivity contribution in [2.24, 2.45) is 0 Å². The van der Waals surface area contributed by atoms with Gasteiger partial charge in [0, 0.05) is 14.1 Å². The van der Waals surface area contributed by atoms with E-state index in [0.717, 1.165) is 67.9 Å². The summed E-state index contributed by atoms with van der Waals surface area (Å²) in [7, 11) is 4.22. The van der Waals surface area contributed by atoms with Crippen molar-refractivity contribution in [3.05, 3.63) is 176 Å². The molecule has 2 aliphatic rings. The smallest absolute Gasteiger partial charge is 0.230 e. The second kappa shape index (κ2) is 13.4. The lowest BCUT2D eigenvalue weighted by molar-refractivity contribution is 0.607. The van der Waals surface area contributed by atoms with Gasteiger partial charge < -0.3 is 32.9 Å². The molecule has 5 heterocycles. The molecular weight excluding hydrogens is 783 g/mol. The fourth-order valence-corrected chi connectivity index (χ4v) is 9.38. The zero-order valence-corrected chi connectivity index (χ0v) is 34.1. The van der Waals surface area contributed by atoms with E-state index in [-0.39, 0.29) is 0 Å². The SMILES string of the molecule is CN1c2ccccc2N(c2cc(N3c4ccccc4N(C)c4ccccc43)c(-c3nc4ccccc4o3)c(-c3nc4ccccc4o3)c2-c2nc3ccccc3o2)c2ccccc21. The van der Waals surface area contributed by atoms with Gasteiger partial charge in [0.25, 0.3) is 0 Å². The van der Waals surface area contributed by atoms with Crippen LogP contribution < -0.4 is 19.6 Å². The molecule has 63 heavy (non-hydrogen) atoms. The van der Waals surface area contributed by atoms with Crippen LogP contribution in [0.25, 0.3) is 67.7 Å². The van der Waals surface area contributed by atoms with E-state index in [9.17, 15) is 0 Å². The van der Waals surface area contributed by atoms with E-state index in [2.05, 4.69) is 137 Å². The third kappa shape index (κ3) is 5.21. The number of oxazole rings is 3. The van der Waals surface area contributed by atoms with Crippen molar-refractivity contribution >= 4 is 90.2 Å². The molecule has 0 N–H and O–H groups in total. The van der Waals surface area contributed by atoms with Crippen molar-refractivity contribution in [2.45, 2.75) is 0 Å². The molecule has 8 aromatic carbocycles. The minimum atomic E-state index is 0.361. The minimum absolute atomic E-state index is 0.361. The molecule has 0 amide bonds. The van der Waals surface area contributed by atoms with Gasteiger partial charge in [0.2, 0.25) is 17.7 Å². The third-order valence-electron chi connectivity index (χ3n) is 12.2. The molecule has 0 bridgehead atoms. The summed E-state index contributed by atoms with van der Waals surface area (Å²) in [5, 5.41) is 0. The topological polar surface area (TPSA) is 91.1 Å². The first-order chi connectivity index (χ1) is 31.1. The lowest BCUT2D eigenvalue weighted by atomic mass is 9.92. The van der Waals surface area contributed by atoms with Crippen molar-refractivity contribution in [1.29, 1.82) is 0 Å². The average molecular weight is 818 g/mol. The Bertz CT molecular complexity index is 3230. The molecule has 0 aliphatic carbocycles. The molecule has 0 saturated carbocycles. The number of aromatic nitrogens is 3. The molecule has 300 valence electrons. The maximum atomic E-state index is 6.92. The number of rotatable bonds is 5. The first-order valence-electron chi connectivity index (χ1n) is 20.8. The molecule has 0 unspecified atom stereocenters. The van der Waals surface area contributed by atoms with Crippen LogP contribution in [0.1, 0.15) is 0 Å². The van der Waals surface area contributed by atoms with Gasteiger partial charge in [-0.25, -0.2) is 15.0 Å². The molecule has 10 heteroatoms. The van der Waals surface area contributed by atoms with Crippen LogP contribution in [0.5, 0.6) is 0 Å². The standard InChI is InChI=1S/C53H35N7O3/c1-57-35-20-6-10-24-39(35)59(40-25-11-7-21-36(40)57)43-31-44(60-41-26-12-8-22-37(41)58(2)38-23-9-13-27-42(38)60)49(52-55-33-18-4-15-29-46(33)62-52)50(53-56-34-19-5-16-30-47(34)63-53)48(43)51-54-32-17-3-14-28-45(32)61-51/h3-31H,1-2H3. The molecule has 0 radical (unpaired) electrons. The lowest BCUT2D eigenvalue weighted by Gasteiger charge is -2.41. The normalized spacial score (nSPS) is 13.1. The third-order valence-corrected chi connectivity index (χ3v) is 12.2. The van der Waals surface area contributed by atoms with Gasteiger partial charge in [0.05, 0.1) is 73.6 Å². The summed E-state index contributed by atoms with van der Waals surface area (Å²) in [6.45, 7) is 0. The highest BCUT2D eigenvalue weighted by Crippen LogP contribution is 2.60. The Hall–Kier alpha value is -8.63. The summed E-state index contributed by atoms with van der Waals surface area (Å²) < 4.78 is 20.7. The van der Waals surface area contributed by atoms with Gasteiger partial charge in [0.1, 0.15) is 16.6 Å². The molecule has 3 aromatic heterocycles. The summed E-state index contributed by atoms with van der Waals surface area (Å²) in [5.41, 5.74) is 15.6. The Morgan fingerprint density at radius 3 is 0.889 bits per heavy atom. The number of para-hydroxylation sites is 14. The Kier molecular flexibility index (Phi) is 7.50. The van der Waals surface area contributed by atoms with Crippen molar-refractivity contribution in [3.63, 3.8) is 0 Å². The first kappa shape index (κ1) is 35.2. The second-order valence-corrected chi connectivity index (χ2v) is 15.7. The first-order valence-corrected chi connectivity index (χ1v) is 20.8. The largest absolute Gasteiger partial charge is 0.436 e. The van der Waals surface area contributed by atoms with E-state index in [4.69, 9.17) is 28.2 Å². The molecule has 2 aliphatic heterocycles. The number of hydrogen-bond donors (Lipinski definition) is 0. The number of fused-ring (bicyclic) bond motifs is 7. The number of nitrogens with zero attached hydrogens (tertiary/aromatic N) is 7. The molecule has 10 nitrogen and oxygen atoms in total. The summed E-state index contributed by atoms with van der Waals surface area (Å²) in [6, 6.07) is 59.6. The molecule has 11 aromatic rings. The lowest BCUT2D eigenvalue weighted by Crippen LogP contribution is -2.26. The predicted octanol–water partition coefficient (Wildman–Crippen LogP) is 14.2. The molecule has 0 fully saturated rings. The fraction of sp³-hybridized carbons (Fsp3) is 0.0377. The van der Waals surface area contributed by atoms with Gasteiger partial charge in [-0.1, -0.05) is 84.9 Å². The van der Waals surface area contributed by atoms with Crippen molar-refractivity contribution in [3.8, 4) is 34.4 Å². The van der Waals surface area contributed by atoms with E-state index in [1.165, 1.54) is 0 Å². The maximum absolute atomic E-state index is 6.92. The highest BCUT2D eigenvalue weighted by Gasteiger charge is 2.39. The monoisotopic (exact) mass is 817 g/mol. The van der Waals surface area contributed by atoms with Gasteiger partial charge in [-0.05, 0) is 91.0 Å². The van der Waals surface area contributed by atoms with E-state index in [0.29, 0.717) is 56.6 Å². The van der Waals surface area contributed by atoms with Crippen molar-refractivity contribution in [2.75, 3.05) is 33.7 Å². The zero-order chi connectivity index (χ0) is 41.8. The van der Waals surface area contributed by atoms with Crippen molar-refractivity contribution in [1.82, 2.24) is 15.0 Å². The molecule has 0 saturated heterocycles.